The quantitative estimate of drug-likeness (QED) is 0.722. The highest BCUT2D eigenvalue weighted by molar-refractivity contribution is 5.88. The van der Waals surface area contributed by atoms with Gasteiger partial charge in [-0.1, -0.05) is 0 Å². The second-order valence-corrected chi connectivity index (χ2v) is 7.55. The molecule has 2 bridgehead atoms. The van der Waals surface area contributed by atoms with E-state index in [1.165, 1.54) is 6.20 Å². The van der Waals surface area contributed by atoms with E-state index in [0.717, 1.165) is 19.3 Å². The van der Waals surface area contributed by atoms with Gasteiger partial charge in [-0.15, -0.1) is 0 Å². The van der Waals surface area contributed by atoms with E-state index in [2.05, 4.69) is 25.3 Å². The second kappa shape index (κ2) is 6.63. The molecule has 4 atom stereocenters. The summed E-state index contributed by atoms with van der Waals surface area (Å²) in [4.78, 5) is 19.2. The number of benzene rings is 1. The standard InChI is InChI=1S/C20H21FN6O/c1-27(16-8-11-2-4-13(26-11)18(16)21)17-10-24-15(9-25-17)12-3-5-14-19(20(12)28)23-7-6-22-14/h3,5-7,9-11,13,16,18,26,28H,2,4,8H2,1H3/t11-,13?,16-,18+/m0/s1. The van der Waals surface area contributed by atoms with Crippen LogP contribution in [0.25, 0.3) is 22.3 Å². The molecule has 2 fully saturated rings. The Bertz CT molecular complexity index is 1010. The Hall–Kier alpha value is -2.87. The van der Waals surface area contributed by atoms with Gasteiger partial charge in [0.1, 0.15) is 17.5 Å². The van der Waals surface area contributed by atoms with Gasteiger partial charge in [0.25, 0.3) is 0 Å². The number of fused-ring (bicyclic) bond motifs is 3. The number of phenolic OH excluding ortho intramolecular Hbond substituents is 1. The van der Waals surface area contributed by atoms with Gasteiger partial charge < -0.3 is 15.3 Å². The molecule has 0 spiro atoms. The minimum atomic E-state index is -0.923. The minimum absolute atomic E-state index is 0.0276. The monoisotopic (exact) mass is 380 g/mol. The number of hydrogen-bond donors (Lipinski definition) is 2. The van der Waals surface area contributed by atoms with E-state index < -0.39 is 6.17 Å². The van der Waals surface area contributed by atoms with Gasteiger partial charge >= 0.3 is 0 Å². The summed E-state index contributed by atoms with van der Waals surface area (Å²) in [5, 5.41) is 13.9. The third kappa shape index (κ3) is 2.75. The molecule has 2 N–H and O–H groups in total. The fourth-order valence-electron chi connectivity index (χ4n) is 4.39. The summed E-state index contributed by atoms with van der Waals surface area (Å²) in [5.41, 5.74) is 2.11. The topological polar surface area (TPSA) is 87.1 Å². The van der Waals surface area contributed by atoms with Crippen LogP contribution in [-0.4, -0.2) is 56.4 Å². The summed E-state index contributed by atoms with van der Waals surface area (Å²) in [6.45, 7) is 0. The van der Waals surface area contributed by atoms with Gasteiger partial charge in [0.05, 0.1) is 29.6 Å². The lowest BCUT2D eigenvalue weighted by Gasteiger charge is -2.38. The van der Waals surface area contributed by atoms with E-state index in [1.807, 2.05) is 11.9 Å². The van der Waals surface area contributed by atoms with E-state index in [0.29, 0.717) is 34.2 Å². The maximum atomic E-state index is 14.8. The first-order valence-electron chi connectivity index (χ1n) is 9.50. The van der Waals surface area contributed by atoms with Gasteiger partial charge in [0.15, 0.2) is 5.75 Å². The van der Waals surface area contributed by atoms with Crippen LogP contribution in [0.5, 0.6) is 5.75 Å². The fourth-order valence-corrected chi connectivity index (χ4v) is 4.39. The summed E-state index contributed by atoms with van der Waals surface area (Å²) in [7, 11) is 1.87. The highest BCUT2D eigenvalue weighted by Crippen LogP contribution is 2.35. The van der Waals surface area contributed by atoms with E-state index in [1.54, 1.807) is 30.7 Å². The average Bonchev–Trinajstić information content (AvgIpc) is 3.14. The van der Waals surface area contributed by atoms with E-state index in [4.69, 9.17) is 0 Å². The van der Waals surface area contributed by atoms with Crippen LogP contribution in [0.3, 0.4) is 0 Å². The SMILES string of the molecule is CN(c1cnc(-c2ccc3nccnc3c2O)cn1)[C@H]1C[C@@H]2CCC(N2)[C@H]1F. The van der Waals surface area contributed by atoms with Crippen molar-refractivity contribution in [3.63, 3.8) is 0 Å². The van der Waals surface area contributed by atoms with Crippen molar-refractivity contribution in [1.29, 1.82) is 0 Å². The van der Waals surface area contributed by atoms with Gasteiger partial charge in [0.2, 0.25) is 0 Å². The molecule has 2 saturated heterocycles. The smallest absolute Gasteiger partial charge is 0.152 e. The molecule has 2 aliphatic heterocycles. The largest absolute Gasteiger partial charge is 0.505 e. The molecule has 28 heavy (non-hydrogen) atoms. The molecule has 1 unspecified atom stereocenters. The number of hydrogen-bond acceptors (Lipinski definition) is 7. The predicted octanol–water partition coefficient (Wildman–Crippen LogP) is 2.46. The molecule has 8 heteroatoms. The van der Waals surface area contributed by atoms with Crippen molar-refractivity contribution in [2.24, 2.45) is 0 Å². The average molecular weight is 380 g/mol. The Morgan fingerprint density at radius 2 is 1.96 bits per heavy atom. The number of aromatic nitrogens is 4. The maximum Gasteiger partial charge on any atom is 0.152 e. The van der Waals surface area contributed by atoms with Gasteiger partial charge in [-0.2, -0.15) is 0 Å². The van der Waals surface area contributed by atoms with Crippen molar-refractivity contribution < 1.29 is 9.50 Å². The number of rotatable bonds is 3. The third-order valence-electron chi connectivity index (χ3n) is 5.94. The Morgan fingerprint density at radius 3 is 2.79 bits per heavy atom. The zero-order chi connectivity index (χ0) is 19.3. The molecule has 1 aromatic carbocycles. The van der Waals surface area contributed by atoms with Crippen molar-refractivity contribution >= 4 is 16.9 Å². The highest BCUT2D eigenvalue weighted by atomic mass is 19.1. The van der Waals surface area contributed by atoms with Gasteiger partial charge in [-0.25, -0.2) is 14.4 Å². The number of nitrogens with one attached hydrogen (secondary N) is 1. The summed E-state index contributed by atoms with van der Waals surface area (Å²) in [6.07, 6.45) is 8.12. The Kier molecular flexibility index (Phi) is 4.08. The molecule has 144 valence electrons. The number of phenols is 1. The minimum Gasteiger partial charge on any atom is -0.505 e. The van der Waals surface area contributed by atoms with Crippen molar-refractivity contribution in [1.82, 2.24) is 25.3 Å². The Balaban J connectivity index is 1.42. The lowest BCUT2D eigenvalue weighted by atomic mass is 9.96. The van der Waals surface area contributed by atoms with E-state index in [-0.39, 0.29) is 17.8 Å². The molecule has 2 aromatic heterocycles. The number of halogens is 1. The van der Waals surface area contributed by atoms with Crippen molar-refractivity contribution in [2.75, 3.05) is 11.9 Å². The highest BCUT2D eigenvalue weighted by Gasteiger charge is 2.43. The first-order valence-corrected chi connectivity index (χ1v) is 9.50. The molecule has 2 aliphatic rings. The van der Waals surface area contributed by atoms with E-state index >= 15 is 0 Å². The van der Waals surface area contributed by atoms with E-state index in [9.17, 15) is 9.50 Å². The molecule has 5 rings (SSSR count). The second-order valence-electron chi connectivity index (χ2n) is 7.55. The summed E-state index contributed by atoms with van der Waals surface area (Å²) < 4.78 is 14.8. The zero-order valence-corrected chi connectivity index (χ0v) is 15.5. The van der Waals surface area contributed by atoms with Gasteiger partial charge in [-0.05, 0) is 31.4 Å². The van der Waals surface area contributed by atoms with Crippen LogP contribution >= 0.6 is 0 Å². The number of anilines is 1. The summed E-state index contributed by atoms with van der Waals surface area (Å²) in [6, 6.07) is 3.66. The first kappa shape index (κ1) is 17.2. The van der Waals surface area contributed by atoms with Crippen LogP contribution in [0.4, 0.5) is 10.2 Å². The van der Waals surface area contributed by atoms with Crippen LogP contribution in [0.15, 0.2) is 36.9 Å². The summed E-state index contributed by atoms with van der Waals surface area (Å²) >= 11 is 0. The Labute approximate surface area is 161 Å². The number of aromatic hydroxyl groups is 1. The molecular formula is C20H21FN6O. The molecule has 3 aromatic rings. The van der Waals surface area contributed by atoms with Crippen LogP contribution in [0.2, 0.25) is 0 Å². The molecule has 0 amide bonds. The van der Waals surface area contributed by atoms with Crippen molar-refractivity contribution in [3.8, 4) is 17.0 Å². The van der Waals surface area contributed by atoms with Crippen molar-refractivity contribution in [2.45, 2.75) is 43.6 Å². The fraction of sp³-hybridized carbons (Fsp3) is 0.400. The number of nitrogens with zero attached hydrogens (tertiary/aromatic N) is 5. The van der Waals surface area contributed by atoms with Crippen LogP contribution in [0.1, 0.15) is 19.3 Å². The third-order valence-corrected chi connectivity index (χ3v) is 5.94. The van der Waals surface area contributed by atoms with Crippen LogP contribution < -0.4 is 10.2 Å². The van der Waals surface area contributed by atoms with Crippen LogP contribution in [-0.2, 0) is 0 Å². The molecule has 7 nitrogen and oxygen atoms in total. The maximum absolute atomic E-state index is 14.8. The lowest BCUT2D eigenvalue weighted by molar-refractivity contribution is 0.176. The molecule has 0 radical (unpaired) electrons. The summed E-state index contributed by atoms with van der Waals surface area (Å²) in [5.74, 6) is 0.650. The predicted molar refractivity (Wildman–Crippen MR) is 104 cm³/mol. The molecular weight excluding hydrogens is 359 g/mol. The lowest BCUT2D eigenvalue weighted by Crippen LogP contribution is -2.55. The molecule has 0 saturated carbocycles. The first-order chi connectivity index (χ1) is 13.6. The van der Waals surface area contributed by atoms with Crippen LogP contribution in [0, 0.1) is 0 Å². The van der Waals surface area contributed by atoms with Crippen molar-refractivity contribution in [3.05, 3.63) is 36.9 Å². The normalized spacial score (nSPS) is 26.5. The molecule has 4 heterocycles. The van der Waals surface area contributed by atoms with Gasteiger partial charge in [-0.3, -0.25) is 9.97 Å². The Morgan fingerprint density at radius 1 is 1.11 bits per heavy atom. The zero-order valence-electron chi connectivity index (χ0n) is 15.5. The van der Waals surface area contributed by atoms with Gasteiger partial charge in [0, 0.05) is 37.1 Å². The number of alkyl halides is 1. The molecule has 0 aliphatic carbocycles. The number of piperidine rings is 1.